The third kappa shape index (κ3) is 2.43. The molecule has 0 aliphatic carbocycles. The minimum absolute atomic E-state index is 0.262. The van der Waals surface area contributed by atoms with Crippen molar-refractivity contribution in [2.24, 2.45) is 11.7 Å². The zero-order chi connectivity index (χ0) is 13.2. The minimum atomic E-state index is 0.262. The highest BCUT2D eigenvalue weighted by Crippen LogP contribution is 2.28. The molecule has 2 atom stereocenters. The molecular formula is C16H21N3. The summed E-state index contributed by atoms with van der Waals surface area (Å²) in [5.74, 6) is 1.69. The fourth-order valence-electron chi connectivity index (χ4n) is 2.99. The lowest BCUT2D eigenvalue weighted by atomic mass is 9.92. The van der Waals surface area contributed by atoms with Gasteiger partial charge in [0.2, 0.25) is 0 Å². The number of nitrogens with two attached hydrogens (primary N) is 1. The Morgan fingerprint density at radius 3 is 3.00 bits per heavy atom. The van der Waals surface area contributed by atoms with Crippen LogP contribution in [0.25, 0.3) is 10.8 Å². The molecule has 2 aromatic rings. The van der Waals surface area contributed by atoms with E-state index in [2.05, 4.69) is 47.1 Å². The number of aromatic nitrogens is 1. The second-order valence-corrected chi connectivity index (χ2v) is 5.56. The lowest BCUT2D eigenvalue weighted by Gasteiger charge is -2.35. The summed E-state index contributed by atoms with van der Waals surface area (Å²) in [4.78, 5) is 7.01. The number of benzene rings is 1. The summed E-state index contributed by atoms with van der Waals surface area (Å²) in [6.45, 7) is 4.23. The standard InChI is InChI=1S/C16H21N3/c1-12(17)14-6-4-10-19(11-14)16-15-7-3-2-5-13(15)8-9-18-16/h2-3,5,7-9,12,14H,4,6,10-11,17H2,1H3. The van der Waals surface area contributed by atoms with Crippen LogP contribution in [0.4, 0.5) is 5.82 Å². The van der Waals surface area contributed by atoms with E-state index < -0.39 is 0 Å². The Bertz CT molecular complexity index is 559. The second-order valence-electron chi connectivity index (χ2n) is 5.56. The SMILES string of the molecule is CC(N)C1CCCN(c2nccc3ccccc23)C1. The number of rotatable bonds is 2. The molecule has 1 fully saturated rings. The van der Waals surface area contributed by atoms with Gasteiger partial charge in [-0.05, 0) is 37.1 Å². The van der Waals surface area contributed by atoms with E-state index in [1.54, 1.807) is 0 Å². The average Bonchev–Trinajstić information content (AvgIpc) is 2.47. The van der Waals surface area contributed by atoms with Crippen LogP contribution in [0.5, 0.6) is 0 Å². The highest BCUT2D eigenvalue weighted by Gasteiger charge is 2.24. The van der Waals surface area contributed by atoms with Crippen molar-refractivity contribution in [1.29, 1.82) is 0 Å². The predicted molar refractivity (Wildman–Crippen MR) is 80.3 cm³/mol. The van der Waals surface area contributed by atoms with Crippen LogP contribution in [0.2, 0.25) is 0 Å². The molecule has 1 saturated heterocycles. The molecule has 1 aromatic carbocycles. The topological polar surface area (TPSA) is 42.1 Å². The third-order valence-electron chi connectivity index (χ3n) is 4.15. The first kappa shape index (κ1) is 12.4. The van der Waals surface area contributed by atoms with E-state index in [0.717, 1.165) is 18.9 Å². The first-order valence-corrected chi connectivity index (χ1v) is 7.10. The number of pyridine rings is 1. The Labute approximate surface area is 114 Å². The van der Waals surface area contributed by atoms with Crippen molar-refractivity contribution >= 4 is 16.6 Å². The van der Waals surface area contributed by atoms with Gasteiger partial charge in [0, 0.05) is 30.7 Å². The number of piperidine rings is 1. The van der Waals surface area contributed by atoms with E-state index in [9.17, 15) is 0 Å². The Balaban J connectivity index is 1.95. The molecule has 100 valence electrons. The van der Waals surface area contributed by atoms with Crippen LogP contribution >= 0.6 is 0 Å². The zero-order valence-electron chi connectivity index (χ0n) is 11.4. The first-order chi connectivity index (χ1) is 9.25. The Kier molecular flexibility index (Phi) is 3.38. The van der Waals surface area contributed by atoms with Crippen molar-refractivity contribution in [3.63, 3.8) is 0 Å². The van der Waals surface area contributed by atoms with Crippen LogP contribution in [-0.2, 0) is 0 Å². The summed E-state index contributed by atoms with van der Waals surface area (Å²) in [6, 6.07) is 10.8. The van der Waals surface area contributed by atoms with Crippen LogP contribution in [0.3, 0.4) is 0 Å². The van der Waals surface area contributed by atoms with E-state index in [4.69, 9.17) is 5.73 Å². The summed E-state index contributed by atoms with van der Waals surface area (Å²) in [5, 5.41) is 2.51. The third-order valence-corrected chi connectivity index (χ3v) is 4.15. The maximum atomic E-state index is 6.07. The quantitative estimate of drug-likeness (QED) is 0.897. The fourth-order valence-corrected chi connectivity index (χ4v) is 2.99. The molecular weight excluding hydrogens is 234 g/mol. The van der Waals surface area contributed by atoms with Crippen molar-refractivity contribution in [3.8, 4) is 0 Å². The molecule has 2 heterocycles. The van der Waals surface area contributed by atoms with Crippen LogP contribution in [0.15, 0.2) is 36.5 Å². The number of fused-ring (bicyclic) bond motifs is 1. The van der Waals surface area contributed by atoms with Gasteiger partial charge >= 0.3 is 0 Å². The van der Waals surface area contributed by atoms with Gasteiger partial charge in [-0.15, -0.1) is 0 Å². The highest BCUT2D eigenvalue weighted by molar-refractivity contribution is 5.92. The van der Waals surface area contributed by atoms with Gasteiger partial charge in [0.15, 0.2) is 0 Å². The molecule has 0 saturated carbocycles. The molecule has 0 bridgehead atoms. The highest BCUT2D eigenvalue weighted by atomic mass is 15.2. The van der Waals surface area contributed by atoms with Gasteiger partial charge in [0.1, 0.15) is 5.82 Å². The van der Waals surface area contributed by atoms with Gasteiger partial charge in [-0.25, -0.2) is 4.98 Å². The maximum Gasteiger partial charge on any atom is 0.136 e. The number of hydrogen-bond acceptors (Lipinski definition) is 3. The Morgan fingerprint density at radius 1 is 1.32 bits per heavy atom. The molecule has 2 N–H and O–H groups in total. The summed E-state index contributed by atoms with van der Waals surface area (Å²) in [6.07, 6.45) is 4.35. The van der Waals surface area contributed by atoms with Gasteiger partial charge in [-0.2, -0.15) is 0 Å². The van der Waals surface area contributed by atoms with Crippen LogP contribution < -0.4 is 10.6 Å². The number of nitrogens with zero attached hydrogens (tertiary/aromatic N) is 2. The van der Waals surface area contributed by atoms with E-state index in [0.29, 0.717) is 5.92 Å². The second kappa shape index (κ2) is 5.17. The molecule has 19 heavy (non-hydrogen) atoms. The van der Waals surface area contributed by atoms with Gasteiger partial charge in [0.25, 0.3) is 0 Å². The maximum absolute atomic E-state index is 6.07. The minimum Gasteiger partial charge on any atom is -0.356 e. The molecule has 3 heteroatoms. The molecule has 0 spiro atoms. The van der Waals surface area contributed by atoms with E-state index in [-0.39, 0.29) is 6.04 Å². The first-order valence-electron chi connectivity index (χ1n) is 7.10. The Hall–Kier alpha value is -1.61. The molecule has 0 amide bonds. The average molecular weight is 255 g/mol. The summed E-state index contributed by atoms with van der Waals surface area (Å²) in [5.41, 5.74) is 6.07. The van der Waals surface area contributed by atoms with Crippen molar-refractivity contribution in [3.05, 3.63) is 36.5 Å². The monoisotopic (exact) mass is 255 g/mol. The number of hydrogen-bond donors (Lipinski definition) is 1. The molecule has 3 rings (SSSR count). The molecule has 1 aliphatic rings. The van der Waals surface area contributed by atoms with Gasteiger partial charge in [-0.1, -0.05) is 24.3 Å². The zero-order valence-corrected chi connectivity index (χ0v) is 11.4. The van der Waals surface area contributed by atoms with Crippen LogP contribution in [-0.4, -0.2) is 24.1 Å². The van der Waals surface area contributed by atoms with Gasteiger partial charge < -0.3 is 10.6 Å². The molecule has 1 aromatic heterocycles. The van der Waals surface area contributed by atoms with E-state index in [1.807, 2.05) is 6.20 Å². The van der Waals surface area contributed by atoms with Crippen molar-refractivity contribution in [2.45, 2.75) is 25.8 Å². The Morgan fingerprint density at radius 2 is 2.16 bits per heavy atom. The fraction of sp³-hybridized carbons (Fsp3) is 0.438. The van der Waals surface area contributed by atoms with E-state index >= 15 is 0 Å². The van der Waals surface area contributed by atoms with Crippen molar-refractivity contribution in [2.75, 3.05) is 18.0 Å². The summed E-state index contributed by atoms with van der Waals surface area (Å²) >= 11 is 0. The largest absolute Gasteiger partial charge is 0.356 e. The van der Waals surface area contributed by atoms with E-state index in [1.165, 1.54) is 23.6 Å². The summed E-state index contributed by atoms with van der Waals surface area (Å²) < 4.78 is 0. The van der Waals surface area contributed by atoms with Crippen LogP contribution in [0.1, 0.15) is 19.8 Å². The lowest BCUT2D eigenvalue weighted by Crippen LogP contribution is -2.42. The normalized spacial score (nSPS) is 21.6. The van der Waals surface area contributed by atoms with Crippen molar-refractivity contribution < 1.29 is 0 Å². The van der Waals surface area contributed by atoms with Gasteiger partial charge in [-0.3, -0.25) is 0 Å². The summed E-state index contributed by atoms with van der Waals surface area (Å²) in [7, 11) is 0. The smallest absolute Gasteiger partial charge is 0.136 e. The molecule has 1 aliphatic heterocycles. The molecule has 2 unspecified atom stereocenters. The van der Waals surface area contributed by atoms with Crippen molar-refractivity contribution in [1.82, 2.24) is 4.98 Å². The predicted octanol–water partition coefficient (Wildman–Crippen LogP) is 2.80. The number of anilines is 1. The molecule has 3 nitrogen and oxygen atoms in total. The van der Waals surface area contributed by atoms with Gasteiger partial charge in [0.05, 0.1) is 0 Å². The van der Waals surface area contributed by atoms with Crippen LogP contribution in [0, 0.1) is 5.92 Å². The molecule has 0 radical (unpaired) electrons. The lowest BCUT2D eigenvalue weighted by molar-refractivity contribution is 0.363.